The molecule has 0 spiro atoms. The Bertz CT molecular complexity index is 2200. The summed E-state index contributed by atoms with van der Waals surface area (Å²) >= 11 is 0. The van der Waals surface area contributed by atoms with Gasteiger partial charge in [-0.25, -0.2) is 0 Å². The Hall–Kier alpha value is -5.33. The van der Waals surface area contributed by atoms with Crippen LogP contribution in [0.25, 0.3) is 10.4 Å². The zero-order valence-electron chi connectivity index (χ0n) is 42.1. The molecule has 1 saturated heterocycles. The van der Waals surface area contributed by atoms with Crippen LogP contribution < -0.4 is 4.74 Å². The number of methoxy groups -OCH3 is 1. The minimum Gasteiger partial charge on any atom is -0.497 e. The van der Waals surface area contributed by atoms with E-state index < -0.39 is 42.9 Å². The molecule has 0 bridgehead atoms. The number of ether oxygens (including phenoxy) is 8. The molecular formula is C60H77N3O8. The molecule has 380 valence electrons. The lowest BCUT2D eigenvalue weighted by molar-refractivity contribution is -0.329. The number of nitrogens with zero attached hydrogens (tertiary/aromatic N) is 3. The van der Waals surface area contributed by atoms with E-state index in [-0.39, 0.29) is 26.4 Å². The summed E-state index contributed by atoms with van der Waals surface area (Å²) in [5, 5.41) is 4.30. The van der Waals surface area contributed by atoms with Gasteiger partial charge in [0, 0.05) is 4.91 Å². The van der Waals surface area contributed by atoms with E-state index in [9.17, 15) is 5.53 Å². The zero-order chi connectivity index (χ0) is 49.4. The van der Waals surface area contributed by atoms with Gasteiger partial charge in [0.1, 0.15) is 30.2 Å². The molecule has 6 rings (SSSR count). The van der Waals surface area contributed by atoms with Crippen molar-refractivity contribution >= 4 is 0 Å². The summed E-state index contributed by atoms with van der Waals surface area (Å²) in [7, 11) is 1.65. The zero-order valence-corrected chi connectivity index (χ0v) is 42.1. The summed E-state index contributed by atoms with van der Waals surface area (Å²) in [6.07, 6.45) is 14.8. The molecule has 5 aromatic rings. The molecule has 1 aliphatic rings. The maximum Gasteiger partial charge on any atom is 0.186 e. The van der Waals surface area contributed by atoms with E-state index in [0.717, 1.165) is 46.4 Å². The van der Waals surface area contributed by atoms with Gasteiger partial charge in [0.25, 0.3) is 0 Å². The molecular weight excluding hydrogens is 891 g/mol. The first-order valence-electron chi connectivity index (χ1n) is 25.9. The van der Waals surface area contributed by atoms with Crippen LogP contribution in [0.1, 0.15) is 112 Å². The molecule has 5 aromatic carbocycles. The van der Waals surface area contributed by atoms with Gasteiger partial charge in [0.05, 0.1) is 65.5 Å². The third kappa shape index (κ3) is 20.4. The lowest BCUT2D eigenvalue weighted by Crippen LogP contribution is -2.62. The van der Waals surface area contributed by atoms with Gasteiger partial charge in [-0.2, -0.15) is 0 Å². The number of unbranched alkanes of at least 4 members (excludes halogenated alkanes) is 11. The van der Waals surface area contributed by atoms with E-state index in [2.05, 4.69) is 23.0 Å². The van der Waals surface area contributed by atoms with Gasteiger partial charge in [0.2, 0.25) is 0 Å². The highest BCUT2D eigenvalue weighted by Gasteiger charge is 2.49. The van der Waals surface area contributed by atoms with Crippen LogP contribution in [0, 0.1) is 0 Å². The summed E-state index contributed by atoms with van der Waals surface area (Å²) in [5.74, 6) is 0.761. The van der Waals surface area contributed by atoms with Crippen molar-refractivity contribution in [3.8, 4) is 5.75 Å². The van der Waals surface area contributed by atoms with Gasteiger partial charge >= 0.3 is 0 Å². The maximum absolute atomic E-state index is 10.1. The van der Waals surface area contributed by atoms with Crippen molar-refractivity contribution in [2.45, 2.75) is 160 Å². The van der Waals surface area contributed by atoms with Crippen LogP contribution in [-0.4, -0.2) is 63.2 Å². The molecule has 0 saturated carbocycles. The fourth-order valence-corrected chi connectivity index (χ4v) is 8.70. The second kappa shape index (κ2) is 33.3. The second-order valence-electron chi connectivity index (χ2n) is 18.3. The summed E-state index contributed by atoms with van der Waals surface area (Å²) < 4.78 is 52.9. The Morgan fingerprint density at radius 1 is 0.549 bits per heavy atom. The Labute approximate surface area is 423 Å². The third-order valence-electron chi connectivity index (χ3n) is 12.8. The lowest BCUT2D eigenvalue weighted by atomic mass is 9.97. The molecule has 5 unspecified atom stereocenters. The first-order valence-corrected chi connectivity index (χ1v) is 25.9. The van der Waals surface area contributed by atoms with Crippen LogP contribution in [0.15, 0.2) is 163 Å². The number of azide groups is 1. The average molecular weight is 968 g/mol. The van der Waals surface area contributed by atoms with Crippen molar-refractivity contribution in [2.75, 3.05) is 20.3 Å². The quantitative estimate of drug-likeness (QED) is 0.0129. The fraction of sp³-hybridized carbons (Fsp3) is 0.467. The molecule has 0 N–H and O–H groups in total. The van der Waals surface area contributed by atoms with Gasteiger partial charge in [-0.15, -0.1) is 0 Å². The Balaban J connectivity index is 1.23. The van der Waals surface area contributed by atoms with Gasteiger partial charge in [0.15, 0.2) is 6.29 Å². The molecule has 0 radical (unpaired) electrons. The first-order chi connectivity index (χ1) is 35.1. The van der Waals surface area contributed by atoms with Crippen LogP contribution in [-0.2, 0) is 66.2 Å². The number of benzene rings is 5. The largest absolute Gasteiger partial charge is 0.497 e. The van der Waals surface area contributed by atoms with E-state index in [1.807, 2.05) is 152 Å². The SMILES string of the molecule is CCCCCCCCCCCCC/C=C/[C@@H](OCc1ccc(OC)cc1)[C@H](COC1OC(COCc2ccccc2)C(OCc2ccccc2)C(OCc2ccccc2)C1OCc1ccccc1)N=[N+]=[N-]. The van der Waals surface area contributed by atoms with Crippen LogP contribution in [0.2, 0.25) is 0 Å². The normalized spacial score (nSPS) is 18.8. The van der Waals surface area contributed by atoms with Gasteiger partial charge < -0.3 is 37.9 Å². The Kier molecular flexibility index (Phi) is 25.8. The molecule has 0 aliphatic carbocycles. The minimum atomic E-state index is -0.986. The highest BCUT2D eigenvalue weighted by Crippen LogP contribution is 2.32. The van der Waals surface area contributed by atoms with E-state index in [1.54, 1.807) is 7.11 Å². The van der Waals surface area contributed by atoms with E-state index >= 15 is 0 Å². The predicted octanol–water partition coefficient (Wildman–Crippen LogP) is 14.2. The lowest BCUT2D eigenvalue weighted by Gasteiger charge is -2.46. The highest BCUT2D eigenvalue weighted by atomic mass is 16.7. The number of hydrogen-bond donors (Lipinski definition) is 0. The number of allylic oxidation sites excluding steroid dienone is 1. The molecule has 0 amide bonds. The smallest absolute Gasteiger partial charge is 0.186 e. The Morgan fingerprint density at radius 2 is 1.03 bits per heavy atom. The van der Waals surface area contributed by atoms with Crippen LogP contribution in [0.4, 0.5) is 0 Å². The molecule has 7 atom stereocenters. The molecule has 71 heavy (non-hydrogen) atoms. The summed E-state index contributed by atoms with van der Waals surface area (Å²) in [4.78, 5) is 3.31. The van der Waals surface area contributed by atoms with Crippen LogP contribution >= 0.6 is 0 Å². The van der Waals surface area contributed by atoms with Crippen molar-refractivity contribution in [2.24, 2.45) is 5.11 Å². The molecule has 1 fully saturated rings. The van der Waals surface area contributed by atoms with Gasteiger partial charge in [-0.05, 0) is 58.3 Å². The first kappa shape index (κ1) is 55.0. The van der Waals surface area contributed by atoms with Gasteiger partial charge in [-0.1, -0.05) is 222 Å². The third-order valence-corrected chi connectivity index (χ3v) is 12.8. The predicted molar refractivity (Wildman–Crippen MR) is 280 cm³/mol. The van der Waals surface area contributed by atoms with Crippen molar-refractivity contribution in [3.05, 3.63) is 196 Å². The van der Waals surface area contributed by atoms with Crippen LogP contribution in [0.3, 0.4) is 0 Å². The molecule has 1 aliphatic heterocycles. The standard InChI is InChI=1S/C60H77N3O8/c1-3-4-5-6-7-8-9-10-11-12-13-14-27-36-55(66-42-52-37-39-53(64-2)40-38-52)54(62-63-61)46-70-60-59(69-45-51-34-25-18-26-35-51)58(68-44-50-32-23-17-24-33-50)57(67-43-49-30-21-16-22-31-49)56(71-60)47-65-41-48-28-19-15-20-29-48/h15-40,54-60H,3-14,41-47H2,1-2H3/b36-27+/t54-,55+,56?,57?,58?,59?,60?/m0/s1. The topological polar surface area (TPSA) is 123 Å². The summed E-state index contributed by atoms with van der Waals surface area (Å²) in [6, 6.07) is 47.2. The van der Waals surface area contributed by atoms with Crippen LogP contribution in [0.5, 0.6) is 5.75 Å². The number of rotatable bonds is 35. The molecule has 11 nitrogen and oxygen atoms in total. The number of hydrogen-bond acceptors (Lipinski definition) is 9. The molecule has 11 heteroatoms. The Morgan fingerprint density at radius 3 is 1.55 bits per heavy atom. The van der Waals surface area contributed by atoms with E-state index in [0.29, 0.717) is 19.8 Å². The highest BCUT2D eigenvalue weighted by molar-refractivity contribution is 5.27. The van der Waals surface area contributed by atoms with E-state index in [1.165, 1.54) is 64.2 Å². The summed E-state index contributed by atoms with van der Waals surface area (Å²) in [6.45, 7) is 3.93. The second-order valence-corrected chi connectivity index (χ2v) is 18.3. The molecule has 0 aromatic heterocycles. The maximum atomic E-state index is 10.1. The molecule has 1 heterocycles. The van der Waals surface area contributed by atoms with Gasteiger partial charge in [-0.3, -0.25) is 0 Å². The van der Waals surface area contributed by atoms with Crippen molar-refractivity contribution in [1.82, 2.24) is 0 Å². The minimum absolute atomic E-state index is 0.0332. The van der Waals surface area contributed by atoms with Crippen molar-refractivity contribution in [3.63, 3.8) is 0 Å². The van der Waals surface area contributed by atoms with Crippen molar-refractivity contribution < 1.29 is 37.9 Å². The monoisotopic (exact) mass is 968 g/mol. The fourth-order valence-electron chi connectivity index (χ4n) is 8.70. The summed E-state index contributed by atoms with van der Waals surface area (Å²) in [5.41, 5.74) is 15.0. The average Bonchev–Trinajstić information content (AvgIpc) is 3.42. The van der Waals surface area contributed by atoms with Crippen molar-refractivity contribution in [1.29, 1.82) is 0 Å². The van der Waals surface area contributed by atoms with E-state index in [4.69, 9.17) is 37.9 Å².